The Morgan fingerprint density at radius 3 is 2.33 bits per heavy atom. The largest absolute Gasteiger partial charge is 0.464 e. The minimum atomic E-state index is -1.22. The molecule has 2 amide bonds. The predicted octanol–water partition coefficient (Wildman–Crippen LogP) is 3.40. The van der Waals surface area contributed by atoms with Crippen LogP contribution < -0.4 is 10.2 Å². The summed E-state index contributed by atoms with van der Waals surface area (Å²) in [5.74, 6) is -0.538. The van der Waals surface area contributed by atoms with Crippen LogP contribution in [0, 0.1) is 19.8 Å². The molecule has 33 heavy (non-hydrogen) atoms. The van der Waals surface area contributed by atoms with Crippen LogP contribution in [0.25, 0.3) is 0 Å². The number of anilines is 1. The van der Waals surface area contributed by atoms with Gasteiger partial charge >= 0.3 is 5.97 Å². The Kier molecular flexibility index (Phi) is 6.03. The fourth-order valence-corrected chi connectivity index (χ4v) is 5.02. The maximum absolute atomic E-state index is 13.8. The van der Waals surface area contributed by atoms with Gasteiger partial charge in [0, 0.05) is 17.8 Å². The van der Waals surface area contributed by atoms with Gasteiger partial charge in [-0.2, -0.15) is 5.10 Å². The summed E-state index contributed by atoms with van der Waals surface area (Å²) in [5, 5.41) is 7.49. The summed E-state index contributed by atoms with van der Waals surface area (Å²) < 4.78 is 6.24. The normalized spacial score (nSPS) is 24.9. The van der Waals surface area contributed by atoms with Crippen molar-refractivity contribution < 1.29 is 19.1 Å². The van der Waals surface area contributed by atoms with E-state index in [2.05, 4.69) is 17.3 Å². The summed E-state index contributed by atoms with van der Waals surface area (Å²) in [5.41, 5.74) is 1.73. The van der Waals surface area contributed by atoms with Gasteiger partial charge in [0.05, 0.1) is 13.7 Å². The van der Waals surface area contributed by atoms with Crippen molar-refractivity contribution in [3.63, 3.8) is 0 Å². The number of aryl methyl sites for hydroxylation is 2. The van der Waals surface area contributed by atoms with Gasteiger partial charge < -0.3 is 10.1 Å². The van der Waals surface area contributed by atoms with Crippen LogP contribution in [0.2, 0.25) is 0 Å². The molecule has 1 N–H and O–H groups in total. The zero-order valence-electron chi connectivity index (χ0n) is 20.0. The number of fused-ring (bicyclic) bond motifs is 1. The number of esters is 1. The molecule has 2 aromatic rings. The van der Waals surface area contributed by atoms with E-state index in [0.29, 0.717) is 11.6 Å². The Labute approximate surface area is 194 Å². The number of benzene rings is 1. The highest BCUT2D eigenvalue weighted by Gasteiger charge is 2.49. The molecule has 1 atom stereocenters. The van der Waals surface area contributed by atoms with Gasteiger partial charge in [-0.15, -0.1) is 0 Å². The fraction of sp³-hybridized carbons (Fsp3) is 0.520. The highest BCUT2D eigenvalue weighted by molar-refractivity contribution is 6.12. The monoisotopic (exact) mass is 452 g/mol. The first kappa shape index (κ1) is 23.0. The smallest absolute Gasteiger partial charge is 0.358 e. The third-order valence-corrected chi connectivity index (χ3v) is 6.85. The van der Waals surface area contributed by atoms with Crippen molar-refractivity contribution in [3.8, 4) is 0 Å². The van der Waals surface area contributed by atoms with Gasteiger partial charge in [-0.1, -0.05) is 13.0 Å². The van der Waals surface area contributed by atoms with Gasteiger partial charge in [-0.3, -0.25) is 19.2 Å². The van der Waals surface area contributed by atoms with E-state index >= 15 is 0 Å². The van der Waals surface area contributed by atoms with Crippen LogP contribution in [0.15, 0.2) is 24.3 Å². The summed E-state index contributed by atoms with van der Waals surface area (Å²) >= 11 is 0. The highest BCUT2D eigenvalue weighted by Crippen LogP contribution is 2.34. The SMILES string of the molecule is COC(=O)c1cc2n(n1)C[C@@](C)(C(=O)NC1CCC(C)CC1)N(c1cc(C)cc(C)c1)C2=O. The van der Waals surface area contributed by atoms with E-state index in [1.54, 1.807) is 11.8 Å². The Hall–Kier alpha value is -3.16. The van der Waals surface area contributed by atoms with Crippen molar-refractivity contribution in [1.82, 2.24) is 15.1 Å². The van der Waals surface area contributed by atoms with E-state index in [1.807, 2.05) is 32.0 Å². The molecule has 2 aliphatic rings. The van der Waals surface area contributed by atoms with E-state index in [1.165, 1.54) is 17.9 Å². The van der Waals surface area contributed by atoms with Crippen molar-refractivity contribution in [3.05, 3.63) is 46.8 Å². The van der Waals surface area contributed by atoms with Crippen LogP contribution in [0.1, 0.15) is 71.6 Å². The first-order valence-electron chi connectivity index (χ1n) is 11.5. The third-order valence-electron chi connectivity index (χ3n) is 6.85. The van der Waals surface area contributed by atoms with Crippen LogP contribution in [-0.4, -0.2) is 46.3 Å². The van der Waals surface area contributed by atoms with Gasteiger partial charge in [0.25, 0.3) is 5.91 Å². The van der Waals surface area contributed by atoms with Crippen molar-refractivity contribution in [2.45, 2.75) is 71.5 Å². The van der Waals surface area contributed by atoms with E-state index in [4.69, 9.17) is 4.74 Å². The Morgan fingerprint density at radius 2 is 1.73 bits per heavy atom. The van der Waals surface area contributed by atoms with Gasteiger partial charge in [0.1, 0.15) is 11.2 Å². The number of nitrogens with one attached hydrogen (secondary N) is 1. The molecule has 0 spiro atoms. The standard InChI is InChI=1S/C25H32N4O4/c1-15-6-8-18(9-7-15)26-24(32)25(4)14-28-21(13-20(27-28)23(31)33-5)22(30)29(25)19-11-16(2)10-17(3)12-19/h10-13,15,18H,6-9,14H2,1-5H3,(H,26,32)/t15?,18?,25-/m0/s1. The molecular weight excluding hydrogens is 420 g/mol. The average Bonchev–Trinajstić information content (AvgIpc) is 3.18. The second kappa shape index (κ2) is 8.65. The highest BCUT2D eigenvalue weighted by atomic mass is 16.5. The van der Waals surface area contributed by atoms with Gasteiger partial charge in [0.15, 0.2) is 5.69 Å². The zero-order chi connectivity index (χ0) is 23.9. The quantitative estimate of drug-likeness (QED) is 0.718. The molecule has 8 nitrogen and oxygen atoms in total. The Bertz CT molecular complexity index is 1080. The molecule has 1 aliphatic carbocycles. The van der Waals surface area contributed by atoms with Crippen LogP contribution in [0.5, 0.6) is 0 Å². The minimum absolute atomic E-state index is 0.0483. The number of aromatic nitrogens is 2. The number of hydrogen-bond donors (Lipinski definition) is 1. The maximum Gasteiger partial charge on any atom is 0.358 e. The molecule has 0 saturated heterocycles. The Balaban J connectivity index is 1.76. The zero-order valence-corrected chi connectivity index (χ0v) is 20.0. The number of hydrogen-bond acceptors (Lipinski definition) is 5. The number of carbonyl (C=O) groups is 3. The predicted molar refractivity (Wildman–Crippen MR) is 124 cm³/mol. The fourth-order valence-electron chi connectivity index (χ4n) is 5.02. The molecule has 2 heterocycles. The Morgan fingerprint density at radius 1 is 1.09 bits per heavy atom. The van der Waals surface area contributed by atoms with E-state index in [0.717, 1.165) is 36.8 Å². The molecule has 0 radical (unpaired) electrons. The molecule has 176 valence electrons. The molecule has 1 fully saturated rings. The molecule has 1 aromatic heterocycles. The molecule has 0 bridgehead atoms. The van der Waals surface area contributed by atoms with Crippen LogP contribution in [0.3, 0.4) is 0 Å². The number of methoxy groups -OCH3 is 1. The summed E-state index contributed by atoms with van der Waals surface area (Å²) in [7, 11) is 1.27. The second-order valence-corrected chi connectivity index (χ2v) is 9.75. The minimum Gasteiger partial charge on any atom is -0.464 e. The number of rotatable bonds is 4. The molecule has 1 saturated carbocycles. The first-order valence-corrected chi connectivity index (χ1v) is 11.5. The third kappa shape index (κ3) is 4.26. The first-order chi connectivity index (χ1) is 15.6. The maximum atomic E-state index is 13.8. The summed E-state index contributed by atoms with van der Waals surface area (Å²) in [4.78, 5) is 41.1. The average molecular weight is 453 g/mol. The van der Waals surface area contributed by atoms with Gasteiger partial charge in [0.2, 0.25) is 5.91 Å². The van der Waals surface area contributed by atoms with Crippen LogP contribution in [0.4, 0.5) is 5.69 Å². The molecule has 1 aromatic carbocycles. The molecule has 0 unspecified atom stereocenters. The lowest BCUT2D eigenvalue weighted by Gasteiger charge is -2.44. The molecule has 4 rings (SSSR count). The molecule has 8 heteroatoms. The number of nitrogens with zero attached hydrogens (tertiary/aromatic N) is 3. The second-order valence-electron chi connectivity index (χ2n) is 9.75. The van der Waals surface area contributed by atoms with Crippen molar-refractivity contribution in [1.29, 1.82) is 0 Å². The number of ether oxygens (including phenoxy) is 1. The van der Waals surface area contributed by atoms with E-state index < -0.39 is 11.5 Å². The van der Waals surface area contributed by atoms with Crippen molar-refractivity contribution in [2.24, 2.45) is 5.92 Å². The summed E-state index contributed by atoms with van der Waals surface area (Å²) in [6.45, 7) is 8.06. The van der Waals surface area contributed by atoms with Gasteiger partial charge in [-0.25, -0.2) is 4.79 Å². The summed E-state index contributed by atoms with van der Waals surface area (Å²) in [6.07, 6.45) is 4.01. The lowest BCUT2D eigenvalue weighted by atomic mass is 9.86. The lowest BCUT2D eigenvalue weighted by molar-refractivity contribution is -0.127. The van der Waals surface area contributed by atoms with Crippen molar-refractivity contribution in [2.75, 3.05) is 12.0 Å². The number of carbonyl (C=O) groups excluding carboxylic acids is 3. The topological polar surface area (TPSA) is 93.5 Å². The van der Waals surface area contributed by atoms with Crippen LogP contribution >= 0.6 is 0 Å². The molecular formula is C25H32N4O4. The molecule has 1 aliphatic heterocycles. The van der Waals surface area contributed by atoms with E-state index in [-0.39, 0.29) is 35.8 Å². The number of amides is 2. The lowest BCUT2D eigenvalue weighted by Crippen LogP contribution is -2.65. The summed E-state index contributed by atoms with van der Waals surface area (Å²) in [6, 6.07) is 7.37. The van der Waals surface area contributed by atoms with Crippen molar-refractivity contribution >= 4 is 23.5 Å². The van der Waals surface area contributed by atoms with Gasteiger partial charge in [-0.05, 0) is 75.6 Å². The van der Waals surface area contributed by atoms with Crippen LogP contribution in [-0.2, 0) is 16.1 Å². The van der Waals surface area contributed by atoms with E-state index in [9.17, 15) is 14.4 Å².